The number of carbonyl (C=O) groups is 1. The number of hydrogen-bond donors (Lipinski definition) is 2. The number of rotatable bonds is 3. The lowest BCUT2D eigenvalue weighted by Gasteiger charge is -2.25. The number of pyridine rings is 1. The molecule has 1 saturated carbocycles. The summed E-state index contributed by atoms with van der Waals surface area (Å²) >= 11 is 0. The Kier molecular flexibility index (Phi) is 3.50. The van der Waals surface area contributed by atoms with Gasteiger partial charge in [-0.2, -0.15) is 0 Å². The minimum atomic E-state index is -0.598. The molecule has 0 radical (unpaired) electrons. The molecule has 1 aliphatic rings. The third-order valence-corrected chi connectivity index (χ3v) is 3.49. The predicted octanol–water partition coefficient (Wildman–Crippen LogP) is 2.32. The Hall–Kier alpha value is -1.65. The smallest absolute Gasteiger partial charge is 0.254 e. The molecule has 0 atom stereocenters. The summed E-state index contributed by atoms with van der Waals surface area (Å²) in [6.07, 6.45) is 5.55. The molecule has 0 unspecified atom stereocenters. The average molecular weight is 251 g/mol. The molecular formula is C13H18FN3O. The van der Waals surface area contributed by atoms with Crippen molar-refractivity contribution in [1.29, 1.82) is 0 Å². The van der Waals surface area contributed by atoms with E-state index in [4.69, 9.17) is 0 Å². The number of nitrogens with one attached hydrogen (secondary N) is 2. The maximum absolute atomic E-state index is 13.9. The molecule has 1 aliphatic carbocycles. The molecule has 18 heavy (non-hydrogen) atoms. The Morgan fingerprint density at radius 2 is 2.11 bits per heavy atom. The van der Waals surface area contributed by atoms with E-state index in [1.807, 2.05) is 6.92 Å². The molecule has 0 aliphatic heterocycles. The summed E-state index contributed by atoms with van der Waals surface area (Å²) in [5, 5.41) is 5.56. The van der Waals surface area contributed by atoms with E-state index in [9.17, 15) is 9.18 Å². The topological polar surface area (TPSA) is 54.0 Å². The third kappa shape index (κ3) is 2.44. The lowest BCUT2D eigenvalue weighted by atomic mass is 10.00. The second-order valence-corrected chi connectivity index (χ2v) is 4.99. The van der Waals surface area contributed by atoms with E-state index in [1.165, 1.54) is 12.3 Å². The van der Waals surface area contributed by atoms with Crippen molar-refractivity contribution in [3.8, 4) is 0 Å². The predicted molar refractivity (Wildman–Crippen MR) is 68.1 cm³/mol. The lowest BCUT2D eigenvalue weighted by Crippen LogP contribution is -2.43. The highest BCUT2D eigenvalue weighted by molar-refractivity contribution is 5.95. The van der Waals surface area contributed by atoms with Crippen molar-refractivity contribution < 1.29 is 9.18 Å². The highest BCUT2D eigenvalue weighted by Crippen LogP contribution is 2.29. The molecule has 1 fully saturated rings. The van der Waals surface area contributed by atoms with E-state index in [1.54, 1.807) is 7.05 Å². The molecule has 0 bridgehead atoms. The van der Waals surface area contributed by atoms with Crippen LogP contribution in [0.15, 0.2) is 12.3 Å². The van der Waals surface area contributed by atoms with Crippen molar-refractivity contribution in [2.45, 2.75) is 38.1 Å². The first-order valence-electron chi connectivity index (χ1n) is 6.20. The van der Waals surface area contributed by atoms with Crippen molar-refractivity contribution >= 4 is 11.7 Å². The van der Waals surface area contributed by atoms with E-state index in [2.05, 4.69) is 15.6 Å². The summed E-state index contributed by atoms with van der Waals surface area (Å²) in [6.45, 7) is 2.01. The molecular weight excluding hydrogens is 233 g/mol. The van der Waals surface area contributed by atoms with Gasteiger partial charge in [-0.25, -0.2) is 9.37 Å². The number of nitrogens with zero attached hydrogens (tertiary/aromatic N) is 1. The number of aromatic nitrogens is 1. The molecule has 1 aromatic heterocycles. The third-order valence-electron chi connectivity index (χ3n) is 3.49. The zero-order valence-corrected chi connectivity index (χ0v) is 10.7. The minimum absolute atomic E-state index is 0.0440. The molecule has 0 aromatic carbocycles. The summed E-state index contributed by atoms with van der Waals surface area (Å²) < 4.78 is 13.9. The summed E-state index contributed by atoms with van der Waals surface area (Å²) in [6, 6.07) is 1.41. The number of anilines is 1. The summed E-state index contributed by atoms with van der Waals surface area (Å²) in [7, 11) is 1.57. The van der Waals surface area contributed by atoms with Crippen molar-refractivity contribution in [3.63, 3.8) is 0 Å². The van der Waals surface area contributed by atoms with Gasteiger partial charge in [0.05, 0.1) is 5.56 Å². The number of halogens is 1. The van der Waals surface area contributed by atoms with Gasteiger partial charge in [0, 0.05) is 18.8 Å². The molecule has 1 amide bonds. The summed E-state index contributed by atoms with van der Waals surface area (Å²) in [5.74, 6) is -0.867. The number of hydrogen-bond acceptors (Lipinski definition) is 3. The van der Waals surface area contributed by atoms with Crippen LogP contribution < -0.4 is 10.6 Å². The van der Waals surface area contributed by atoms with E-state index in [0.717, 1.165) is 25.7 Å². The SMILES string of the molecule is CNc1nccc(C(=O)NC2(C)CCCC2)c1F. The molecule has 4 nitrogen and oxygen atoms in total. The van der Waals surface area contributed by atoms with Crippen LogP contribution in [0.4, 0.5) is 10.2 Å². The van der Waals surface area contributed by atoms with Gasteiger partial charge in [0.25, 0.3) is 5.91 Å². The van der Waals surface area contributed by atoms with Crippen LogP contribution in [0.2, 0.25) is 0 Å². The fourth-order valence-electron chi connectivity index (χ4n) is 2.42. The fourth-order valence-corrected chi connectivity index (χ4v) is 2.42. The van der Waals surface area contributed by atoms with Gasteiger partial charge in [0.1, 0.15) is 0 Å². The van der Waals surface area contributed by atoms with Crippen LogP contribution in [-0.4, -0.2) is 23.5 Å². The summed E-state index contributed by atoms with van der Waals surface area (Å²) in [4.78, 5) is 15.9. The molecule has 0 spiro atoms. The first-order valence-corrected chi connectivity index (χ1v) is 6.20. The van der Waals surface area contributed by atoms with Crippen LogP contribution in [0, 0.1) is 5.82 Å². The second-order valence-electron chi connectivity index (χ2n) is 4.99. The van der Waals surface area contributed by atoms with Crippen LogP contribution in [0.3, 0.4) is 0 Å². The highest BCUT2D eigenvalue weighted by atomic mass is 19.1. The van der Waals surface area contributed by atoms with Gasteiger partial charge in [0.2, 0.25) is 0 Å². The van der Waals surface area contributed by atoms with E-state index < -0.39 is 5.82 Å². The van der Waals surface area contributed by atoms with Crippen molar-refractivity contribution in [1.82, 2.24) is 10.3 Å². The van der Waals surface area contributed by atoms with Gasteiger partial charge in [-0.05, 0) is 25.8 Å². The lowest BCUT2D eigenvalue weighted by molar-refractivity contribution is 0.0904. The Morgan fingerprint density at radius 3 is 2.72 bits per heavy atom. The quantitative estimate of drug-likeness (QED) is 0.866. The van der Waals surface area contributed by atoms with E-state index >= 15 is 0 Å². The maximum atomic E-state index is 13.9. The van der Waals surface area contributed by atoms with Gasteiger partial charge in [-0.1, -0.05) is 12.8 Å². The first-order chi connectivity index (χ1) is 8.56. The van der Waals surface area contributed by atoms with Crippen LogP contribution in [0.25, 0.3) is 0 Å². The number of carbonyl (C=O) groups excluding carboxylic acids is 1. The van der Waals surface area contributed by atoms with Gasteiger partial charge in [-0.15, -0.1) is 0 Å². The second kappa shape index (κ2) is 4.92. The van der Waals surface area contributed by atoms with Crippen LogP contribution in [0.1, 0.15) is 43.0 Å². The molecule has 98 valence electrons. The first kappa shape index (κ1) is 12.8. The van der Waals surface area contributed by atoms with Gasteiger partial charge in [0.15, 0.2) is 11.6 Å². The zero-order valence-electron chi connectivity index (χ0n) is 10.7. The van der Waals surface area contributed by atoms with Gasteiger partial charge < -0.3 is 10.6 Å². The molecule has 1 aromatic rings. The minimum Gasteiger partial charge on any atom is -0.371 e. The zero-order chi connectivity index (χ0) is 13.2. The standard InChI is InChI=1S/C13H18FN3O/c1-13(6-3-4-7-13)17-12(18)9-5-8-16-11(15-2)10(9)14/h5,8H,3-4,6-7H2,1-2H3,(H,15,16)(H,17,18). The Morgan fingerprint density at radius 1 is 1.44 bits per heavy atom. The van der Waals surface area contributed by atoms with E-state index in [0.29, 0.717) is 0 Å². The maximum Gasteiger partial charge on any atom is 0.254 e. The van der Waals surface area contributed by atoms with Gasteiger partial charge in [-0.3, -0.25) is 4.79 Å². The van der Waals surface area contributed by atoms with Crippen molar-refractivity contribution in [2.24, 2.45) is 0 Å². The molecule has 5 heteroatoms. The van der Waals surface area contributed by atoms with Crippen molar-refractivity contribution in [2.75, 3.05) is 12.4 Å². The van der Waals surface area contributed by atoms with Crippen LogP contribution in [-0.2, 0) is 0 Å². The van der Waals surface area contributed by atoms with Crippen LogP contribution >= 0.6 is 0 Å². The number of amides is 1. The molecule has 1 heterocycles. The van der Waals surface area contributed by atoms with Crippen LogP contribution in [0.5, 0.6) is 0 Å². The monoisotopic (exact) mass is 251 g/mol. The fraction of sp³-hybridized carbons (Fsp3) is 0.538. The van der Waals surface area contributed by atoms with Gasteiger partial charge >= 0.3 is 0 Å². The van der Waals surface area contributed by atoms with E-state index in [-0.39, 0.29) is 22.8 Å². The largest absolute Gasteiger partial charge is 0.371 e. The molecule has 2 N–H and O–H groups in total. The Balaban J connectivity index is 2.18. The molecule has 0 saturated heterocycles. The highest BCUT2D eigenvalue weighted by Gasteiger charge is 2.31. The van der Waals surface area contributed by atoms with Crippen molar-refractivity contribution in [3.05, 3.63) is 23.6 Å². The Labute approximate surface area is 106 Å². The average Bonchev–Trinajstić information content (AvgIpc) is 2.76. The Bertz CT molecular complexity index is 456. The normalized spacial score (nSPS) is 17.5. The molecule has 2 rings (SSSR count). The summed E-state index contributed by atoms with van der Waals surface area (Å²) in [5.41, 5.74) is -0.158.